The fourth-order valence-electron chi connectivity index (χ4n) is 2.08. The summed E-state index contributed by atoms with van der Waals surface area (Å²) in [6.45, 7) is 6.09. The summed E-state index contributed by atoms with van der Waals surface area (Å²) in [4.78, 5) is 0. The molecule has 17 heavy (non-hydrogen) atoms. The molecule has 0 atom stereocenters. The van der Waals surface area contributed by atoms with Gasteiger partial charge in [0.2, 0.25) is 0 Å². The molecule has 1 aromatic rings. The molecule has 0 saturated carbocycles. The van der Waals surface area contributed by atoms with Crippen LogP contribution in [-0.2, 0) is 0 Å². The molecule has 1 heterocycles. The van der Waals surface area contributed by atoms with E-state index < -0.39 is 0 Å². The Morgan fingerprint density at radius 2 is 2.00 bits per heavy atom. The van der Waals surface area contributed by atoms with Gasteiger partial charge in [0.15, 0.2) is 0 Å². The lowest BCUT2D eigenvalue weighted by Crippen LogP contribution is -2.34. The summed E-state index contributed by atoms with van der Waals surface area (Å²) in [5.74, 6) is 0.913. The monoisotopic (exact) mass is 317 g/mol. The molecule has 0 aromatic heterocycles. The summed E-state index contributed by atoms with van der Waals surface area (Å²) in [6.07, 6.45) is 2.44. The van der Waals surface area contributed by atoms with Gasteiger partial charge < -0.3 is 10.1 Å². The van der Waals surface area contributed by atoms with Crippen molar-refractivity contribution in [1.82, 2.24) is 5.32 Å². The van der Waals surface area contributed by atoms with Crippen LogP contribution in [0, 0.1) is 13.8 Å². The van der Waals surface area contributed by atoms with Crippen LogP contribution in [0.1, 0.15) is 24.0 Å². The molecule has 0 unspecified atom stereocenters. The van der Waals surface area contributed by atoms with Gasteiger partial charge in [-0.05, 0) is 72.9 Å². The molecule has 1 aliphatic heterocycles. The van der Waals surface area contributed by atoms with E-state index in [1.165, 1.54) is 0 Å². The zero-order valence-electron chi connectivity index (χ0n) is 10.1. The second kappa shape index (κ2) is 5.59. The molecule has 0 radical (unpaired) electrons. The predicted octanol–water partition coefficient (Wildman–Crippen LogP) is 3.85. The van der Waals surface area contributed by atoms with E-state index in [2.05, 4.69) is 21.2 Å². The highest BCUT2D eigenvalue weighted by atomic mass is 79.9. The van der Waals surface area contributed by atoms with Crippen molar-refractivity contribution in [3.63, 3.8) is 0 Å². The molecule has 1 saturated heterocycles. The highest BCUT2D eigenvalue weighted by Gasteiger charge is 2.17. The van der Waals surface area contributed by atoms with Crippen LogP contribution in [0.15, 0.2) is 10.5 Å². The Hall–Kier alpha value is -0.250. The molecule has 1 aliphatic rings. The molecule has 2 nitrogen and oxygen atoms in total. The minimum atomic E-state index is 0.313. The molecule has 0 amide bonds. The molecule has 1 aromatic carbocycles. The van der Waals surface area contributed by atoms with E-state index in [0.717, 1.165) is 52.3 Å². The smallest absolute Gasteiger partial charge is 0.134 e. The van der Waals surface area contributed by atoms with E-state index in [4.69, 9.17) is 16.3 Å². The fraction of sp³-hybridized carbons (Fsp3) is 0.538. The molecule has 1 fully saturated rings. The van der Waals surface area contributed by atoms with Crippen molar-refractivity contribution in [2.75, 3.05) is 13.1 Å². The number of halogens is 2. The van der Waals surface area contributed by atoms with Gasteiger partial charge in [-0.1, -0.05) is 11.6 Å². The average Bonchev–Trinajstić information content (AvgIpc) is 2.35. The second-order valence-electron chi connectivity index (χ2n) is 4.51. The maximum Gasteiger partial charge on any atom is 0.134 e. The van der Waals surface area contributed by atoms with Gasteiger partial charge in [-0.2, -0.15) is 0 Å². The van der Waals surface area contributed by atoms with Crippen molar-refractivity contribution in [2.45, 2.75) is 32.8 Å². The Morgan fingerprint density at radius 1 is 1.35 bits per heavy atom. The zero-order chi connectivity index (χ0) is 12.4. The van der Waals surface area contributed by atoms with Crippen LogP contribution in [0.5, 0.6) is 5.75 Å². The summed E-state index contributed by atoms with van der Waals surface area (Å²) < 4.78 is 7.04. The minimum Gasteiger partial charge on any atom is -0.489 e. The van der Waals surface area contributed by atoms with Crippen molar-refractivity contribution >= 4 is 27.5 Å². The number of hydrogen-bond acceptors (Lipinski definition) is 2. The standard InChI is InChI=1S/C13H17BrClNO/c1-8-7-11(12(14)9(2)13(8)15)17-10-3-5-16-6-4-10/h7,10,16H,3-6H2,1-2H3. The predicted molar refractivity (Wildman–Crippen MR) is 75.1 cm³/mol. The highest BCUT2D eigenvalue weighted by Crippen LogP contribution is 2.36. The van der Waals surface area contributed by atoms with Crippen LogP contribution in [0.25, 0.3) is 0 Å². The van der Waals surface area contributed by atoms with E-state index >= 15 is 0 Å². The molecular formula is C13H17BrClNO. The second-order valence-corrected chi connectivity index (χ2v) is 5.68. The third-order valence-corrected chi connectivity index (χ3v) is 4.72. The number of ether oxygens (including phenoxy) is 1. The number of nitrogens with one attached hydrogen (secondary N) is 1. The molecule has 2 rings (SSSR count). The Kier molecular flexibility index (Phi) is 4.34. The summed E-state index contributed by atoms with van der Waals surface area (Å²) in [5, 5.41) is 4.15. The fourth-order valence-corrected chi connectivity index (χ4v) is 2.75. The minimum absolute atomic E-state index is 0.313. The van der Waals surface area contributed by atoms with Gasteiger partial charge in [0, 0.05) is 5.02 Å². The van der Waals surface area contributed by atoms with Crippen LogP contribution in [0.3, 0.4) is 0 Å². The van der Waals surface area contributed by atoms with Gasteiger partial charge in [-0.3, -0.25) is 0 Å². The number of hydrogen-bond donors (Lipinski definition) is 1. The van der Waals surface area contributed by atoms with Crippen LogP contribution in [-0.4, -0.2) is 19.2 Å². The van der Waals surface area contributed by atoms with E-state index in [0.29, 0.717) is 6.10 Å². The van der Waals surface area contributed by atoms with E-state index in [9.17, 15) is 0 Å². The van der Waals surface area contributed by atoms with Crippen molar-refractivity contribution in [3.05, 3.63) is 26.7 Å². The van der Waals surface area contributed by atoms with Crippen molar-refractivity contribution in [1.29, 1.82) is 0 Å². The lowest BCUT2D eigenvalue weighted by Gasteiger charge is -2.25. The first-order valence-corrected chi connectivity index (χ1v) is 7.09. The number of aryl methyl sites for hydroxylation is 1. The Labute approximate surface area is 116 Å². The molecule has 4 heteroatoms. The van der Waals surface area contributed by atoms with Gasteiger partial charge in [-0.25, -0.2) is 0 Å². The molecule has 0 bridgehead atoms. The molecule has 0 spiro atoms. The Balaban J connectivity index is 2.20. The number of piperidine rings is 1. The van der Waals surface area contributed by atoms with E-state index in [-0.39, 0.29) is 0 Å². The van der Waals surface area contributed by atoms with Gasteiger partial charge in [0.1, 0.15) is 11.9 Å². The van der Waals surface area contributed by atoms with Gasteiger partial charge >= 0.3 is 0 Å². The SMILES string of the molecule is Cc1cc(OC2CCNCC2)c(Br)c(C)c1Cl. The van der Waals surface area contributed by atoms with Crippen molar-refractivity contribution in [2.24, 2.45) is 0 Å². The number of rotatable bonds is 2. The summed E-state index contributed by atoms with van der Waals surface area (Å²) in [6, 6.07) is 2.02. The maximum absolute atomic E-state index is 6.20. The summed E-state index contributed by atoms with van der Waals surface area (Å²) in [7, 11) is 0. The normalized spacial score (nSPS) is 17.2. The van der Waals surface area contributed by atoms with Gasteiger partial charge in [0.25, 0.3) is 0 Å². The molecular weight excluding hydrogens is 302 g/mol. The van der Waals surface area contributed by atoms with Gasteiger partial charge in [0.05, 0.1) is 4.47 Å². The maximum atomic E-state index is 6.20. The van der Waals surface area contributed by atoms with Crippen LogP contribution in [0.2, 0.25) is 5.02 Å². The quantitative estimate of drug-likeness (QED) is 0.894. The zero-order valence-corrected chi connectivity index (χ0v) is 12.5. The molecule has 0 aliphatic carbocycles. The molecule has 1 N–H and O–H groups in total. The first-order valence-electron chi connectivity index (χ1n) is 5.92. The lowest BCUT2D eigenvalue weighted by atomic mass is 10.1. The van der Waals surface area contributed by atoms with Crippen LogP contribution >= 0.6 is 27.5 Å². The first-order chi connectivity index (χ1) is 8.09. The summed E-state index contributed by atoms with van der Waals surface area (Å²) in [5.41, 5.74) is 2.12. The number of benzene rings is 1. The Morgan fingerprint density at radius 3 is 2.65 bits per heavy atom. The highest BCUT2D eigenvalue weighted by molar-refractivity contribution is 9.10. The topological polar surface area (TPSA) is 21.3 Å². The summed E-state index contributed by atoms with van der Waals surface area (Å²) >= 11 is 9.77. The van der Waals surface area contributed by atoms with E-state index in [1.807, 2.05) is 19.9 Å². The molecule has 94 valence electrons. The third-order valence-electron chi connectivity index (χ3n) is 3.15. The lowest BCUT2D eigenvalue weighted by molar-refractivity contribution is 0.161. The van der Waals surface area contributed by atoms with Crippen LogP contribution in [0.4, 0.5) is 0 Å². The van der Waals surface area contributed by atoms with Crippen molar-refractivity contribution < 1.29 is 4.74 Å². The van der Waals surface area contributed by atoms with Gasteiger partial charge in [-0.15, -0.1) is 0 Å². The average molecular weight is 319 g/mol. The first kappa shape index (κ1) is 13.2. The van der Waals surface area contributed by atoms with E-state index in [1.54, 1.807) is 0 Å². The largest absolute Gasteiger partial charge is 0.489 e. The Bertz CT molecular complexity index is 416. The van der Waals surface area contributed by atoms with Crippen molar-refractivity contribution in [3.8, 4) is 5.75 Å². The third kappa shape index (κ3) is 2.95. The van der Waals surface area contributed by atoms with Crippen LogP contribution < -0.4 is 10.1 Å².